The van der Waals surface area contributed by atoms with Gasteiger partial charge in [-0.25, -0.2) is 0 Å². The number of aromatic nitrogens is 3. The molecule has 0 bridgehead atoms. The molecule has 0 aliphatic rings. The van der Waals surface area contributed by atoms with E-state index in [0.29, 0.717) is 12.1 Å². The van der Waals surface area contributed by atoms with Crippen molar-refractivity contribution in [2.75, 3.05) is 13.6 Å². The number of hydrogen-bond acceptors (Lipinski definition) is 2. The lowest BCUT2D eigenvalue weighted by Crippen LogP contribution is -2.30. The Labute approximate surface area is 142 Å². The predicted molar refractivity (Wildman–Crippen MR) is 96.2 cm³/mol. The average Bonchev–Trinajstić information content (AvgIpc) is 3.16. The van der Waals surface area contributed by atoms with Gasteiger partial charge in [0.15, 0.2) is 0 Å². The standard InChI is InChI=1S/C19H24N4O/c1-4-10-23-14-17(15(2)20-23)19(24)21(3)12-13-22-11-9-16-7-5-6-8-18(16)22/h5-9,11,14H,4,10,12-13H2,1-3H3. The van der Waals surface area contributed by atoms with Gasteiger partial charge < -0.3 is 9.47 Å². The zero-order valence-corrected chi connectivity index (χ0v) is 14.6. The Morgan fingerprint density at radius 1 is 1.21 bits per heavy atom. The summed E-state index contributed by atoms with van der Waals surface area (Å²) in [5.74, 6) is 0.0336. The topological polar surface area (TPSA) is 43.1 Å². The summed E-state index contributed by atoms with van der Waals surface area (Å²) in [4.78, 5) is 14.4. The Morgan fingerprint density at radius 3 is 2.79 bits per heavy atom. The molecule has 2 heterocycles. The minimum Gasteiger partial charge on any atom is -0.346 e. The fourth-order valence-corrected chi connectivity index (χ4v) is 2.97. The molecule has 1 aromatic carbocycles. The summed E-state index contributed by atoms with van der Waals surface area (Å²) < 4.78 is 4.04. The van der Waals surface area contributed by atoms with Gasteiger partial charge in [0, 0.05) is 44.6 Å². The highest BCUT2D eigenvalue weighted by molar-refractivity contribution is 5.94. The summed E-state index contributed by atoms with van der Waals surface area (Å²) in [5, 5.41) is 5.64. The predicted octanol–water partition coefficient (Wildman–Crippen LogP) is 3.33. The third-order valence-corrected chi connectivity index (χ3v) is 4.33. The maximum atomic E-state index is 12.7. The molecule has 0 aliphatic carbocycles. The minimum absolute atomic E-state index is 0.0336. The number of fused-ring (bicyclic) bond motifs is 1. The van der Waals surface area contributed by atoms with E-state index < -0.39 is 0 Å². The molecule has 5 heteroatoms. The molecule has 3 rings (SSSR count). The van der Waals surface area contributed by atoms with Crippen molar-refractivity contribution >= 4 is 16.8 Å². The van der Waals surface area contributed by atoms with Crippen molar-refractivity contribution in [1.82, 2.24) is 19.2 Å². The van der Waals surface area contributed by atoms with Crippen molar-refractivity contribution < 1.29 is 4.79 Å². The molecular weight excluding hydrogens is 300 g/mol. The number of hydrogen-bond donors (Lipinski definition) is 0. The molecule has 0 aliphatic heterocycles. The number of aryl methyl sites for hydroxylation is 2. The van der Waals surface area contributed by atoms with Crippen LogP contribution in [0.3, 0.4) is 0 Å². The van der Waals surface area contributed by atoms with Gasteiger partial charge in [-0.2, -0.15) is 5.10 Å². The Morgan fingerprint density at radius 2 is 2.00 bits per heavy atom. The molecule has 3 aromatic rings. The van der Waals surface area contributed by atoms with Gasteiger partial charge >= 0.3 is 0 Å². The van der Waals surface area contributed by atoms with Crippen LogP contribution in [0.2, 0.25) is 0 Å². The number of amides is 1. The molecule has 2 aromatic heterocycles. The van der Waals surface area contributed by atoms with Gasteiger partial charge in [-0.3, -0.25) is 9.48 Å². The first-order valence-electron chi connectivity index (χ1n) is 8.43. The zero-order valence-electron chi connectivity index (χ0n) is 14.6. The molecule has 0 N–H and O–H groups in total. The van der Waals surface area contributed by atoms with Crippen LogP contribution in [-0.2, 0) is 13.1 Å². The molecule has 24 heavy (non-hydrogen) atoms. The van der Waals surface area contributed by atoms with E-state index in [-0.39, 0.29) is 5.91 Å². The summed E-state index contributed by atoms with van der Waals surface area (Å²) in [5.41, 5.74) is 2.69. The SMILES string of the molecule is CCCn1cc(C(=O)N(C)CCn2ccc3ccccc32)c(C)n1. The highest BCUT2D eigenvalue weighted by Crippen LogP contribution is 2.15. The second-order valence-electron chi connectivity index (χ2n) is 6.19. The first kappa shape index (κ1) is 16.3. The molecule has 0 spiro atoms. The van der Waals surface area contributed by atoms with Crippen LogP contribution in [-0.4, -0.2) is 38.7 Å². The van der Waals surface area contributed by atoms with Crippen LogP contribution >= 0.6 is 0 Å². The monoisotopic (exact) mass is 324 g/mol. The second kappa shape index (κ2) is 6.91. The van der Waals surface area contributed by atoms with E-state index in [1.54, 1.807) is 4.90 Å². The van der Waals surface area contributed by atoms with Gasteiger partial charge in [0.1, 0.15) is 0 Å². The van der Waals surface area contributed by atoms with Crippen LogP contribution in [0.15, 0.2) is 42.7 Å². The maximum Gasteiger partial charge on any atom is 0.257 e. The summed E-state index contributed by atoms with van der Waals surface area (Å²) >= 11 is 0. The lowest BCUT2D eigenvalue weighted by molar-refractivity contribution is 0.0790. The van der Waals surface area contributed by atoms with Crippen LogP contribution in [0.25, 0.3) is 10.9 Å². The van der Waals surface area contributed by atoms with E-state index in [0.717, 1.165) is 25.2 Å². The molecule has 1 amide bonds. The Balaban J connectivity index is 1.68. The third-order valence-electron chi connectivity index (χ3n) is 4.33. The minimum atomic E-state index is 0.0336. The first-order chi connectivity index (χ1) is 11.6. The highest BCUT2D eigenvalue weighted by atomic mass is 16.2. The van der Waals surface area contributed by atoms with Crippen molar-refractivity contribution in [2.45, 2.75) is 33.4 Å². The number of carbonyl (C=O) groups is 1. The first-order valence-corrected chi connectivity index (χ1v) is 8.43. The number of para-hydroxylation sites is 1. The van der Waals surface area contributed by atoms with E-state index in [4.69, 9.17) is 0 Å². The van der Waals surface area contributed by atoms with Gasteiger partial charge in [0.25, 0.3) is 5.91 Å². The smallest absolute Gasteiger partial charge is 0.257 e. The third kappa shape index (κ3) is 3.20. The molecule has 0 fully saturated rings. The number of likely N-dealkylation sites (N-methyl/N-ethyl adjacent to an activating group) is 1. The molecule has 0 radical (unpaired) electrons. The number of rotatable bonds is 6. The van der Waals surface area contributed by atoms with Gasteiger partial charge in [-0.1, -0.05) is 25.1 Å². The Hall–Kier alpha value is -2.56. The second-order valence-corrected chi connectivity index (χ2v) is 6.19. The summed E-state index contributed by atoms with van der Waals surface area (Å²) in [6.45, 7) is 6.28. The molecule has 5 nitrogen and oxygen atoms in total. The molecular formula is C19H24N4O. The van der Waals surface area contributed by atoms with Crippen molar-refractivity contribution in [3.63, 3.8) is 0 Å². The van der Waals surface area contributed by atoms with E-state index in [1.165, 1.54) is 10.9 Å². The quantitative estimate of drug-likeness (QED) is 0.698. The van der Waals surface area contributed by atoms with E-state index in [1.807, 2.05) is 37.0 Å². The van der Waals surface area contributed by atoms with Crippen molar-refractivity contribution in [2.24, 2.45) is 0 Å². The van der Waals surface area contributed by atoms with E-state index in [2.05, 4.69) is 41.0 Å². The average molecular weight is 324 g/mol. The van der Waals surface area contributed by atoms with Crippen LogP contribution in [0.4, 0.5) is 0 Å². The van der Waals surface area contributed by atoms with Gasteiger partial charge in [-0.05, 0) is 30.9 Å². The summed E-state index contributed by atoms with van der Waals surface area (Å²) in [6, 6.07) is 10.4. The molecule has 0 atom stereocenters. The summed E-state index contributed by atoms with van der Waals surface area (Å²) in [7, 11) is 1.85. The van der Waals surface area contributed by atoms with Crippen LogP contribution in [0, 0.1) is 6.92 Å². The normalized spacial score (nSPS) is 11.1. The zero-order chi connectivity index (χ0) is 17.1. The number of benzene rings is 1. The van der Waals surface area contributed by atoms with Crippen LogP contribution < -0.4 is 0 Å². The van der Waals surface area contributed by atoms with Crippen molar-refractivity contribution in [3.05, 3.63) is 54.0 Å². The highest BCUT2D eigenvalue weighted by Gasteiger charge is 2.17. The van der Waals surface area contributed by atoms with Crippen LogP contribution in [0.1, 0.15) is 29.4 Å². The molecule has 0 saturated heterocycles. The largest absolute Gasteiger partial charge is 0.346 e. The van der Waals surface area contributed by atoms with E-state index in [9.17, 15) is 4.79 Å². The van der Waals surface area contributed by atoms with E-state index >= 15 is 0 Å². The Bertz CT molecular complexity index is 846. The lowest BCUT2D eigenvalue weighted by Gasteiger charge is -2.17. The van der Waals surface area contributed by atoms with Crippen LogP contribution in [0.5, 0.6) is 0 Å². The number of carbonyl (C=O) groups excluding carboxylic acids is 1. The summed E-state index contributed by atoms with van der Waals surface area (Å²) in [6.07, 6.45) is 4.95. The molecule has 126 valence electrons. The van der Waals surface area contributed by atoms with Crippen molar-refractivity contribution in [1.29, 1.82) is 0 Å². The van der Waals surface area contributed by atoms with Gasteiger partial charge in [-0.15, -0.1) is 0 Å². The van der Waals surface area contributed by atoms with Gasteiger partial charge in [0.2, 0.25) is 0 Å². The lowest BCUT2D eigenvalue weighted by atomic mass is 10.2. The van der Waals surface area contributed by atoms with Gasteiger partial charge in [0.05, 0.1) is 11.3 Å². The Kier molecular flexibility index (Phi) is 4.69. The fraction of sp³-hybridized carbons (Fsp3) is 0.368. The molecule has 0 unspecified atom stereocenters. The maximum absolute atomic E-state index is 12.7. The number of nitrogens with zero attached hydrogens (tertiary/aromatic N) is 4. The van der Waals surface area contributed by atoms with Crippen molar-refractivity contribution in [3.8, 4) is 0 Å². The fourth-order valence-electron chi connectivity index (χ4n) is 2.97. The molecule has 0 saturated carbocycles.